The molecule has 3 aromatic rings. The van der Waals surface area contributed by atoms with Gasteiger partial charge in [0.15, 0.2) is 0 Å². The third-order valence-corrected chi connectivity index (χ3v) is 10.4. The molecule has 0 radical (unpaired) electrons. The van der Waals surface area contributed by atoms with Crippen LogP contribution >= 0.6 is 11.6 Å². The highest BCUT2D eigenvalue weighted by atomic mass is 35.5. The maximum absolute atomic E-state index is 14.6. The van der Waals surface area contributed by atoms with Crippen LogP contribution in [0.25, 0.3) is 10.8 Å². The van der Waals surface area contributed by atoms with Crippen LogP contribution in [0.2, 0.25) is 5.02 Å². The van der Waals surface area contributed by atoms with E-state index in [2.05, 4.69) is 34.4 Å². The first-order valence-electron chi connectivity index (χ1n) is 16.2. The van der Waals surface area contributed by atoms with Crippen LogP contribution in [0.15, 0.2) is 43.0 Å². The summed E-state index contributed by atoms with van der Waals surface area (Å²) in [5.41, 5.74) is 2.72. The summed E-state index contributed by atoms with van der Waals surface area (Å²) in [6, 6.07) is 11.2. The zero-order valence-corrected chi connectivity index (χ0v) is 27.8. The molecular formula is C35H41ClFN7O3. The Morgan fingerprint density at radius 3 is 2.79 bits per heavy atom. The van der Waals surface area contributed by atoms with Crippen molar-refractivity contribution in [3.63, 3.8) is 0 Å². The van der Waals surface area contributed by atoms with E-state index < -0.39 is 5.82 Å². The zero-order chi connectivity index (χ0) is 33.1. The average Bonchev–Trinajstić information content (AvgIpc) is 3.07. The lowest BCUT2D eigenvalue weighted by Crippen LogP contribution is -2.56. The van der Waals surface area contributed by atoms with Crippen LogP contribution in [0.1, 0.15) is 36.9 Å². The van der Waals surface area contributed by atoms with E-state index >= 15 is 0 Å². The Hall–Kier alpha value is -3.98. The Morgan fingerprint density at radius 2 is 2.06 bits per heavy atom. The molecule has 3 aliphatic rings. The van der Waals surface area contributed by atoms with Gasteiger partial charge in [0.25, 0.3) is 0 Å². The van der Waals surface area contributed by atoms with Gasteiger partial charge in [0.1, 0.15) is 18.2 Å². The quantitative estimate of drug-likeness (QED) is 0.264. The predicted octanol–water partition coefficient (Wildman–Crippen LogP) is 4.98. The lowest BCUT2D eigenvalue weighted by molar-refractivity contribution is -0.128. The number of nitriles is 1. The number of aromatic nitrogens is 2. The van der Waals surface area contributed by atoms with Crippen LogP contribution in [0.4, 0.5) is 15.9 Å². The normalized spacial score (nSPS) is 18.9. The molecular weight excluding hydrogens is 621 g/mol. The van der Waals surface area contributed by atoms with Crippen LogP contribution in [0.3, 0.4) is 0 Å². The second-order valence-corrected chi connectivity index (χ2v) is 13.0. The topological polar surface area (TPSA) is 98.1 Å². The summed E-state index contributed by atoms with van der Waals surface area (Å²) in [6.45, 7) is 7.99. The van der Waals surface area contributed by atoms with Crippen molar-refractivity contribution in [2.75, 3.05) is 69.9 Å². The number of carbonyl (C=O) groups is 1. The lowest BCUT2D eigenvalue weighted by Gasteiger charge is -2.48. The first kappa shape index (κ1) is 32.9. The van der Waals surface area contributed by atoms with Gasteiger partial charge in [-0.25, -0.2) is 4.39 Å². The SMILES string of the molecule is C=CC(=O)N1CCN(c2nc(OCCN(C)C3(COC)CCC3)nc3c2CCN(c2cccc4ccc(F)c(Cl)c24)C3)C[C@@H]1CC#N. The molecule has 1 atom stereocenters. The van der Waals surface area contributed by atoms with Crippen molar-refractivity contribution in [2.24, 2.45) is 0 Å². The molecule has 2 aromatic carbocycles. The van der Waals surface area contributed by atoms with Crippen LogP contribution in [0, 0.1) is 17.1 Å². The fourth-order valence-corrected chi connectivity index (χ4v) is 7.48. The number of anilines is 2. The minimum absolute atomic E-state index is 0.0397. The minimum Gasteiger partial charge on any atom is -0.462 e. The third kappa shape index (κ3) is 6.47. The summed E-state index contributed by atoms with van der Waals surface area (Å²) in [5.74, 6) is 0.134. The molecule has 1 aromatic heterocycles. The van der Waals surface area contributed by atoms with Gasteiger partial charge in [-0.2, -0.15) is 15.2 Å². The van der Waals surface area contributed by atoms with E-state index in [0.29, 0.717) is 64.3 Å². The van der Waals surface area contributed by atoms with Gasteiger partial charge in [0, 0.05) is 62.0 Å². The highest BCUT2D eigenvalue weighted by Gasteiger charge is 2.40. The van der Waals surface area contributed by atoms with Crippen molar-refractivity contribution in [1.82, 2.24) is 19.8 Å². The second kappa shape index (κ2) is 14.0. The smallest absolute Gasteiger partial charge is 0.318 e. The van der Waals surface area contributed by atoms with E-state index in [1.54, 1.807) is 18.1 Å². The van der Waals surface area contributed by atoms with Gasteiger partial charge < -0.3 is 24.2 Å². The molecule has 0 N–H and O–H groups in total. The Balaban J connectivity index is 1.31. The number of ether oxygens (including phenoxy) is 2. The third-order valence-electron chi connectivity index (χ3n) is 10.0. The molecule has 1 aliphatic carbocycles. The number of hydrogen-bond donors (Lipinski definition) is 0. The Morgan fingerprint density at radius 1 is 1.23 bits per heavy atom. The van der Waals surface area contributed by atoms with E-state index in [-0.39, 0.29) is 34.9 Å². The van der Waals surface area contributed by atoms with Gasteiger partial charge in [0.05, 0.1) is 42.4 Å². The van der Waals surface area contributed by atoms with Crippen molar-refractivity contribution in [1.29, 1.82) is 5.26 Å². The van der Waals surface area contributed by atoms with Crippen molar-refractivity contribution >= 4 is 39.8 Å². The van der Waals surface area contributed by atoms with Crippen LogP contribution < -0.4 is 14.5 Å². The zero-order valence-electron chi connectivity index (χ0n) is 27.1. The maximum Gasteiger partial charge on any atom is 0.318 e. The molecule has 1 saturated heterocycles. The molecule has 47 heavy (non-hydrogen) atoms. The van der Waals surface area contributed by atoms with E-state index in [1.807, 2.05) is 18.2 Å². The maximum atomic E-state index is 14.6. The van der Waals surface area contributed by atoms with Crippen LogP contribution in [-0.2, 0) is 22.5 Å². The Kier molecular flexibility index (Phi) is 9.82. The number of benzene rings is 2. The Bertz CT molecular complexity index is 1690. The summed E-state index contributed by atoms with van der Waals surface area (Å²) < 4.78 is 26.4. The molecule has 2 aliphatic heterocycles. The highest BCUT2D eigenvalue weighted by Crippen LogP contribution is 2.39. The summed E-state index contributed by atoms with van der Waals surface area (Å²) in [7, 11) is 3.85. The molecule has 1 amide bonds. The van der Waals surface area contributed by atoms with E-state index in [4.69, 9.17) is 31.0 Å². The molecule has 0 unspecified atom stereocenters. The lowest BCUT2D eigenvalue weighted by atomic mass is 9.76. The first-order valence-corrected chi connectivity index (χ1v) is 16.6. The summed E-state index contributed by atoms with van der Waals surface area (Å²) in [4.78, 5) is 30.8. The molecule has 12 heteroatoms. The number of rotatable bonds is 11. The number of carbonyl (C=O) groups excluding carboxylic acids is 1. The number of nitrogens with zero attached hydrogens (tertiary/aromatic N) is 7. The Labute approximate surface area is 280 Å². The van der Waals surface area contributed by atoms with E-state index in [1.165, 1.54) is 18.6 Å². The van der Waals surface area contributed by atoms with Gasteiger partial charge in [-0.1, -0.05) is 36.4 Å². The van der Waals surface area contributed by atoms with Crippen LogP contribution in [0.5, 0.6) is 6.01 Å². The summed E-state index contributed by atoms with van der Waals surface area (Å²) >= 11 is 6.51. The van der Waals surface area contributed by atoms with Gasteiger partial charge in [-0.3, -0.25) is 9.69 Å². The van der Waals surface area contributed by atoms with Gasteiger partial charge in [0.2, 0.25) is 5.91 Å². The molecule has 6 rings (SSSR count). The number of methoxy groups -OCH3 is 1. The number of amides is 1. The number of piperazine rings is 1. The fraction of sp³-hybridized carbons (Fsp3) is 0.486. The number of fused-ring (bicyclic) bond motifs is 2. The average molecular weight is 662 g/mol. The largest absolute Gasteiger partial charge is 0.462 e. The monoisotopic (exact) mass is 661 g/mol. The van der Waals surface area contributed by atoms with Crippen molar-refractivity contribution in [2.45, 2.75) is 50.2 Å². The number of hydrogen-bond acceptors (Lipinski definition) is 9. The van der Waals surface area contributed by atoms with Gasteiger partial charge in [-0.15, -0.1) is 0 Å². The molecule has 248 valence electrons. The second-order valence-electron chi connectivity index (χ2n) is 12.6. The first-order chi connectivity index (χ1) is 22.8. The molecule has 10 nitrogen and oxygen atoms in total. The molecule has 2 fully saturated rings. The van der Waals surface area contributed by atoms with E-state index in [9.17, 15) is 14.4 Å². The molecule has 0 spiro atoms. The van der Waals surface area contributed by atoms with Crippen molar-refractivity contribution in [3.8, 4) is 12.1 Å². The van der Waals surface area contributed by atoms with Crippen molar-refractivity contribution < 1.29 is 18.7 Å². The number of halogens is 2. The van der Waals surface area contributed by atoms with Crippen LogP contribution in [-0.4, -0.2) is 97.4 Å². The predicted molar refractivity (Wildman–Crippen MR) is 180 cm³/mol. The van der Waals surface area contributed by atoms with E-state index in [0.717, 1.165) is 41.0 Å². The summed E-state index contributed by atoms with van der Waals surface area (Å²) in [6.07, 6.45) is 5.53. The van der Waals surface area contributed by atoms with Crippen molar-refractivity contribution in [3.05, 3.63) is 65.1 Å². The molecule has 0 bridgehead atoms. The highest BCUT2D eigenvalue weighted by molar-refractivity contribution is 6.36. The molecule has 3 heterocycles. The molecule has 1 saturated carbocycles. The summed E-state index contributed by atoms with van der Waals surface area (Å²) in [5, 5.41) is 11.2. The standard InChI is InChI=1S/C35H41ClFN7O3/c1-4-30(45)44-18-17-43(21-25(44)11-15-38)33-26-12-16-42(29-8-5-7-24-9-10-27(37)32(36)31(24)29)22-28(26)39-34(40-33)47-20-19-41(2)35(23-46-3)13-6-14-35/h4-5,7-10,25H,1,6,11-14,16-23H2,2-3H3/t25-/m0/s1. The van der Waals surface area contributed by atoms with Gasteiger partial charge >= 0.3 is 6.01 Å². The number of likely N-dealkylation sites (N-methyl/N-ethyl adjacent to an activating group) is 1. The fourth-order valence-electron chi connectivity index (χ4n) is 7.21. The minimum atomic E-state index is -0.454. The van der Waals surface area contributed by atoms with Gasteiger partial charge in [-0.05, 0) is 56.3 Å².